The Morgan fingerprint density at radius 2 is 1.38 bits per heavy atom. The second-order valence-corrected chi connectivity index (χ2v) is 6.96. The van der Waals surface area contributed by atoms with Crippen LogP contribution in [0.3, 0.4) is 0 Å². The molecule has 0 fully saturated rings. The molecular formula is C25H26O4. The molecule has 0 aliphatic rings. The number of unbranched alkanes of at least 4 members (excludes halogenated alkanes) is 4. The van der Waals surface area contributed by atoms with Crippen LogP contribution >= 0.6 is 0 Å². The summed E-state index contributed by atoms with van der Waals surface area (Å²) in [6, 6.07) is 19.8. The quantitative estimate of drug-likeness (QED) is 0.248. The topological polar surface area (TPSA) is 52.6 Å². The first kappa shape index (κ1) is 20.6. The van der Waals surface area contributed by atoms with Crippen molar-refractivity contribution in [1.82, 2.24) is 0 Å². The third kappa shape index (κ3) is 5.44. The maximum absolute atomic E-state index is 12.8. The Morgan fingerprint density at radius 3 is 2.17 bits per heavy atom. The van der Waals surface area contributed by atoms with Gasteiger partial charge in [-0.15, -0.1) is 0 Å². The number of ether oxygens (including phenoxy) is 2. The molecule has 0 spiro atoms. The van der Waals surface area contributed by atoms with Crippen molar-refractivity contribution >= 4 is 22.7 Å². The van der Waals surface area contributed by atoms with Crippen molar-refractivity contribution in [3.63, 3.8) is 0 Å². The number of hydrogen-bond acceptors (Lipinski definition) is 4. The molecular weight excluding hydrogens is 364 g/mol. The third-order valence-electron chi connectivity index (χ3n) is 4.80. The van der Waals surface area contributed by atoms with E-state index in [4.69, 9.17) is 9.47 Å². The van der Waals surface area contributed by atoms with Crippen molar-refractivity contribution in [3.8, 4) is 5.75 Å². The molecule has 4 nitrogen and oxygen atoms in total. The Balaban J connectivity index is 1.69. The fraction of sp³-hybridized carbons (Fsp3) is 0.280. The maximum Gasteiger partial charge on any atom is 0.344 e. The Bertz CT molecular complexity index is 972. The Kier molecular flexibility index (Phi) is 7.40. The van der Waals surface area contributed by atoms with Crippen LogP contribution in [-0.4, -0.2) is 18.5 Å². The first-order chi connectivity index (χ1) is 14.2. The van der Waals surface area contributed by atoms with Gasteiger partial charge in [-0.2, -0.15) is 0 Å². The van der Waals surface area contributed by atoms with Gasteiger partial charge in [0.05, 0.1) is 17.7 Å². The maximum atomic E-state index is 12.8. The van der Waals surface area contributed by atoms with Gasteiger partial charge < -0.3 is 9.47 Å². The molecule has 3 aromatic rings. The summed E-state index contributed by atoms with van der Waals surface area (Å²) in [5, 5.41) is 1.82. The van der Waals surface area contributed by atoms with E-state index in [0.717, 1.165) is 30.0 Å². The van der Waals surface area contributed by atoms with Crippen molar-refractivity contribution in [3.05, 3.63) is 77.9 Å². The van der Waals surface area contributed by atoms with Gasteiger partial charge in [0.1, 0.15) is 5.75 Å². The summed E-state index contributed by atoms with van der Waals surface area (Å²) < 4.78 is 11.0. The van der Waals surface area contributed by atoms with Crippen LogP contribution in [0.1, 0.15) is 59.7 Å². The fourth-order valence-corrected chi connectivity index (χ4v) is 3.23. The molecule has 3 rings (SSSR count). The largest absolute Gasteiger partial charge is 0.462 e. The SMILES string of the molecule is CCCCCCCOC(=O)c1ccccc1C(=O)Oc1cccc2ccccc12. The van der Waals surface area contributed by atoms with Gasteiger partial charge in [0.15, 0.2) is 0 Å². The number of hydrogen-bond donors (Lipinski definition) is 0. The van der Waals surface area contributed by atoms with E-state index in [1.807, 2.05) is 36.4 Å². The molecule has 0 heterocycles. The number of fused-ring (bicyclic) bond motifs is 1. The van der Waals surface area contributed by atoms with Gasteiger partial charge in [-0.3, -0.25) is 0 Å². The second-order valence-electron chi connectivity index (χ2n) is 6.96. The van der Waals surface area contributed by atoms with Crippen molar-refractivity contribution in [2.24, 2.45) is 0 Å². The van der Waals surface area contributed by atoms with Crippen molar-refractivity contribution in [2.45, 2.75) is 39.0 Å². The fourth-order valence-electron chi connectivity index (χ4n) is 3.23. The van der Waals surface area contributed by atoms with E-state index in [-0.39, 0.29) is 11.1 Å². The van der Waals surface area contributed by atoms with Crippen LogP contribution in [0.25, 0.3) is 10.8 Å². The monoisotopic (exact) mass is 390 g/mol. The summed E-state index contributed by atoms with van der Waals surface area (Å²) >= 11 is 0. The van der Waals surface area contributed by atoms with Gasteiger partial charge >= 0.3 is 11.9 Å². The Labute approximate surface area is 171 Å². The molecule has 3 aromatic carbocycles. The van der Waals surface area contributed by atoms with E-state index in [1.165, 1.54) is 12.8 Å². The molecule has 0 aromatic heterocycles. The minimum atomic E-state index is -0.572. The highest BCUT2D eigenvalue weighted by Crippen LogP contribution is 2.26. The molecule has 0 atom stereocenters. The molecule has 4 heteroatoms. The van der Waals surface area contributed by atoms with Crippen molar-refractivity contribution in [1.29, 1.82) is 0 Å². The third-order valence-corrected chi connectivity index (χ3v) is 4.80. The molecule has 0 amide bonds. The molecule has 0 radical (unpaired) electrons. The molecule has 0 saturated heterocycles. The van der Waals surface area contributed by atoms with E-state index in [1.54, 1.807) is 30.3 Å². The summed E-state index contributed by atoms with van der Waals surface area (Å²) in [6.07, 6.45) is 5.37. The van der Waals surface area contributed by atoms with Crippen LogP contribution in [0.4, 0.5) is 0 Å². The average Bonchev–Trinajstić information content (AvgIpc) is 2.76. The molecule has 150 valence electrons. The van der Waals surface area contributed by atoms with Gasteiger partial charge in [-0.25, -0.2) is 9.59 Å². The standard InChI is InChI=1S/C25H26O4/c1-2-3-4-5-10-18-28-24(26)21-15-8-9-16-22(21)25(27)29-23-17-11-13-19-12-6-7-14-20(19)23/h6-9,11-17H,2-5,10,18H2,1H3. The lowest BCUT2D eigenvalue weighted by Crippen LogP contribution is -2.16. The minimum absolute atomic E-state index is 0.205. The predicted octanol–water partition coefficient (Wildman–Crippen LogP) is 6.19. The summed E-state index contributed by atoms with van der Waals surface area (Å²) in [4.78, 5) is 25.3. The van der Waals surface area contributed by atoms with Crippen LogP contribution in [-0.2, 0) is 4.74 Å². The molecule has 0 unspecified atom stereocenters. The normalized spacial score (nSPS) is 10.7. The lowest BCUT2D eigenvalue weighted by Gasteiger charge is -2.11. The van der Waals surface area contributed by atoms with Crippen LogP contribution in [0.2, 0.25) is 0 Å². The second kappa shape index (κ2) is 10.4. The number of esters is 2. The van der Waals surface area contributed by atoms with Crippen LogP contribution < -0.4 is 4.74 Å². The first-order valence-corrected chi connectivity index (χ1v) is 10.2. The Morgan fingerprint density at radius 1 is 0.724 bits per heavy atom. The number of carbonyl (C=O) groups excluding carboxylic acids is 2. The zero-order chi connectivity index (χ0) is 20.5. The number of carbonyl (C=O) groups is 2. The van der Waals surface area contributed by atoms with Gasteiger partial charge in [-0.05, 0) is 30.0 Å². The van der Waals surface area contributed by atoms with Crippen molar-refractivity contribution < 1.29 is 19.1 Å². The van der Waals surface area contributed by atoms with E-state index in [0.29, 0.717) is 12.4 Å². The smallest absolute Gasteiger partial charge is 0.344 e. The number of benzene rings is 3. The van der Waals surface area contributed by atoms with E-state index in [9.17, 15) is 9.59 Å². The lowest BCUT2D eigenvalue weighted by atomic mass is 10.1. The summed E-state index contributed by atoms with van der Waals surface area (Å²) in [6.45, 7) is 2.52. The predicted molar refractivity (Wildman–Crippen MR) is 114 cm³/mol. The summed E-state index contributed by atoms with van der Waals surface area (Å²) in [7, 11) is 0. The van der Waals surface area contributed by atoms with E-state index < -0.39 is 11.9 Å². The zero-order valence-corrected chi connectivity index (χ0v) is 16.7. The van der Waals surface area contributed by atoms with Gasteiger partial charge in [0.25, 0.3) is 0 Å². The minimum Gasteiger partial charge on any atom is -0.462 e. The van der Waals surface area contributed by atoms with Crippen molar-refractivity contribution in [2.75, 3.05) is 6.61 Å². The first-order valence-electron chi connectivity index (χ1n) is 10.2. The Hall–Kier alpha value is -3.14. The van der Waals surface area contributed by atoms with Crippen LogP contribution in [0.15, 0.2) is 66.7 Å². The number of rotatable bonds is 9. The zero-order valence-electron chi connectivity index (χ0n) is 16.7. The van der Waals surface area contributed by atoms with E-state index >= 15 is 0 Å². The molecule has 0 aliphatic carbocycles. The van der Waals surface area contributed by atoms with Gasteiger partial charge in [0.2, 0.25) is 0 Å². The molecule has 0 saturated carbocycles. The van der Waals surface area contributed by atoms with Crippen LogP contribution in [0.5, 0.6) is 5.75 Å². The highest BCUT2D eigenvalue weighted by Gasteiger charge is 2.20. The highest BCUT2D eigenvalue weighted by atomic mass is 16.5. The molecule has 0 N–H and O–H groups in total. The molecule has 0 bridgehead atoms. The molecule has 0 aliphatic heterocycles. The van der Waals surface area contributed by atoms with Gasteiger partial charge in [-0.1, -0.05) is 81.1 Å². The van der Waals surface area contributed by atoms with Crippen LogP contribution in [0, 0.1) is 0 Å². The molecule has 29 heavy (non-hydrogen) atoms. The lowest BCUT2D eigenvalue weighted by molar-refractivity contribution is 0.0489. The summed E-state index contributed by atoms with van der Waals surface area (Å²) in [5.41, 5.74) is 0.433. The average molecular weight is 390 g/mol. The highest BCUT2D eigenvalue weighted by molar-refractivity contribution is 6.04. The van der Waals surface area contributed by atoms with E-state index in [2.05, 4.69) is 6.92 Å². The summed E-state index contributed by atoms with van der Waals surface area (Å²) in [5.74, 6) is -0.602. The van der Waals surface area contributed by atoms with Gasteiger partial charge in [0, 0.05) is 5.39 Å².